The molecular weight excluding hydrogens is 288 g/mol. The van der Waals surface area contributed by atoms with Crippen molar-refractivity contribution < 1.29 is 9.53 Å². The van der Waals surface area contributed by atoms with Crippen LogP contribution in [0.15, 0.2) is 0 Å². The molecule has 0 aromatic carbocycles. The summed E-state index contributed by atoms with van der Waals surface area (Å²) in [5, 5.41) is 3.18. The molecule has 4 heteroatoms. The van der Waals surface area contributed by atoms with E-state index in [0.29, 0.717) is 12.0 Å². The summed E-state index contributed by atoms with van der Waals surface area (Å²) in [6, 6.07) is 0.508. The lowest BCUT2D eigenvalue weighted by atomic mass is 9.78. The standard InChI is InChI=1S/C19H36N2O2/c1-19(2,3)17-15(10-9-13-23-17)14-20-18(22)21(4)16-11-7-5-6-8-12-16/h15-17H,5-14H2,1-4H3,(H,20,22)/t15-,17+/m1/s1. The van der Waals surface area contributed by atoms with E-state index in [2.05, 4.69) is 26.1 Å². The van der Waals surface area contributed by atoms with Gasteiger partial charge in [-0.3, -0.25) is 0 Å². The number of rotatable bonds is 3. The van der Waals surface area contributed by atoms with Crippen molar-refractivity contribution >= 4 is 6.03 Å². The molecule has 1 heterocycles. The fraction of sp³-hybridized carbons (Fsp3) is 0.947. The van der Waals surface area contributed by atoms with Gasteiger partial charge in [0.15, 0.2) is 0 Å². The highest BCUT2D eigenvalue weighted by Crippen LogP contribution is 2.33. The van der Waals surface area contributed by atoms with E-state index in [1.807, 2.05) is 11.9 Å². The van der Waals surface area contributed by atoms with Gasteiger partial charge < -0.3 is 15.0 Å². The molecular formula is C19H36N2O2. The second kappa shape index (κ2) is 8.36. The minimum Gasteiger partial charge on any atom is -0.377 e. The molecule has 1 aliphatic heterocycles. The van der Waals surface area contributed by atoms with E-state index in [1.54, 1.807) is 0 Å². The molecule has 134 valence electrons. The van der Waals surface area contributed by atoms with Gasteiger partial charge in [0, 0.05) is 32.2 Å². The van der Waals surface area contributed by atoms with Crippen LogP contribution in [-0.2, 0) is 4.74 Å². The first-order valence-electron chi connectivity index (χ1n) is 9.52. The normalized spacial score (nSPS) is 27.3. The zero-order valence-electron chi connectivity index (χ0n) is 15.6. The molecule has 2 fully saturated rings. The van der Waals surface area contributed by atoms with Crippen molar-refractivity contribution in [3.63, 3.8) is 0 Å². The molecule has 1 saturated carbocycles. The lowest BCUT2D eigenvalue weighted by Gasteiger charge is -2.40. The maximum Gasteiger partial charge on any atom is 0.317 e. The monoisotopic (exact) mass is 324 g/mol. The van der Waals surface area contributed by atoms with Crippen LogP contribution in [0.3, 0.4) is 0 Å². The fourth-order valence-electron chi connectivity index (χ4n) is 4.16. The molecule has 4 nitrogen and oxygen atoms in total. The number of nitrogens with one attached hydrogen (secondary N) is 1. The Balaban J connectivity index is 1.84. The average molecular weight is 325 g/mol. The van der Waals surface area contributed by atoms with Gasteiger partial charge in [0.05, 0.1) is 6.10 Å². The number of amides is 2. The summed E-state index contributed by atoms with van der Waals surface area (Å²) in [4.78, 5) is 14.5. The van der Waals surface area contributed by atoms with E-state index in [-0.39, 0.29) is 17.6 Å². The Morgan fingerprint density at radius 1 is 1.09 bits per heavy atom. The van der Waals surface area contributed by atoms with Gasteiger partial charge in [-0.1, -0.05) is 46.5 Å². The summed E-state index contributed by atoms with van der Waals surface area (Å²) in [6.45, 7) is 8.28. The number of carbonyl (C=O) groups excluding carboxylic acids is 1. The molecule has 2 atom stereocenters. The average Bonchev–Trinajstić information content (AvgIpc) is 2.80. The molecule has 0 aromatic heterocycles. The quantitative estimate of drug-likeness (QED) is 0.791. The zero-order chi connectivity index (χ0) is 16.9. The van der Waals surface area contributed by atoms with Gasteiger partial charge in [-0.05, 0) is 31.1 Å². The molecule has 1 aliphatic carbocycles. The van der Waals surface area contributed by atoms with Crippen LogP contribution in [0.25, 0.3) is 0 Å². The molecule has 2 amide bonds. The lowest BCUT2D eigenvalue weighted by Crippen LogP contribution is -2.49. The third-order valence-corrected chi connectivity index (χ3v) is 5.51. The van der Waals surface area contributed by atoms with Crippen LogP contribution in [0, 0.1) is 11.3 Å². The van der Waals surface area contributed by atoms with Gasteiger partial charge in [-0.25, -0.2) is 4.79 Å². The van der Waals surface area contributed by atoms with Crippen LogP contribution in [0.4, 0.5) is 4.79 Å². The molecule has 2 rings (SSSR count). The summed E-state index contributed by atoms with van der Waals surface area (Å²) >= 11 is 0. The Bertz CT molecular complexity index is 370. The van der Waals surface area contributed by atoms with Gasteiger partial charge in [0.2, 0.25) is 0 Å². The maximum atomic E-state index is 12.5. The highest BCUT2D eigenvalue weighted by atomic mass is 16.5. The summed E-state index contributed by atoms with van der Waals surface area (Å²) in [6.07, 6.45) is 9.94. The number of carbonyl (C=O) groups is 1. The van der Waals surface area contributed by atoms with Crippen molar-refractivity contribution in [1.29, 1.82) is 0 Å². The summed E-state index contributed by atoms with van der Waals surface area (Å²) in [7, 11) is 1.96. The van der Waals surface area contributed by atoms with Crippen molar-refractivity contribution in [2.75, 3.05) is 20.2 Å². The van der Waals surface area contributed by atoms with Crippen molar-refractivity contribution in [3.05, 3.63) is 0 Å². The topological polar surface area (TPSA) is 41.6 Å². The molecule has 0 unspecified atom stereocenters. The molecule has 2 aliphatic rings. The molecule has 0 bridgehead atoms. The van der Waals surface area contributed by atoms with Crippen molar-refractivity contribution in [3.8, 4) is 0 Å². The van der Waals surface area contributed by atoms with Crippen LogP contribution in [0.5, 0.6) is 0 Å². The Morgan fingerprint density at radius 3 is 2.35 bits per heavy atom. The predicted molar refractivity (Wildman–Crippen MR) is 94.6 cm³/mol. The SMILES string of the molecule is CN(C(=O)NC[C@H]1CCCO[C@@H]1C(C)(C)C)C1CCCCCC1. The second-order valence-corrected chi connectivity index (χ2v) is 8.50. The van der Waals surface area contributed by atoms with Crippen molar-refractivity contribution in [2.24, 2.45) is 11.3 Å². The van der Waals surface area contributed by atoms with E-state index >= 15 is 0 Å². The van der Waals surface area contributed by atoms with Crippen molar-refractivity contribution in [1.82, 2.24) is 10.2 Å². The predicted octanol–water partition coefficient (Wildman–Crippen LogP) is 4.19. The first-order valence-corrected chi connectivity index (χ1v) is 9.52. The zero-order valence-corrected chi connectivity index (χ0v) is 15.6. The fourth-order valence-corrected chi connectivity index (χ4v) is 4.16. The van der Waals surface area contributed by atoms with Gasteiger partial charge in [0.25, 0.3) is 0 Å². The van der Waals surface area contributed by atoms with Gasteiger partial charge >= 0.3 is 6.03 Å². The van der Waals surface area contributed by atoms with Crippen LogP contribution >= 0.6 is 0 Å². The molecule has 0 aromatic rings. The third-order valence-electron chi connectivity index (χ3n) is 5.51. The summed E-state index contributed by atoms with van der Waals surface area (Å²) in [5.41, 5.74) is 0.128. The second-order valence-electron chi connectivity index (χ2n) is 8.50. The minimum absolute atomic E-state index is 0.0927. The first kappa shape index (κ1) is 18.6. The van der Waals surface area contributed by atoms with Crippen LogP contribution in [0.1, 0.15) is 72.1 Å². The molecule has 23 heavy (non-hydrogen) atoms. The van der Waals surface area contributed by atoms with Gasteiger partial charge in [0.1, 0.15) is 0 Å². The highest BCUT2D eigenvalue weighted by molar-refractivity contribution is 5.74. The molecule has 1 N–H and O–H groups in total. The number of hydrogen-bond acceptors (Lipinski definition) is 2. The highest BCUT2D eigenvalue weighted by Gasteiger charge is 2.35. The first-order chi connectivity index (χ1) is 10.9. The number of urea groups is 1. The van der Waals surface area contributed by atoms with Crippen LogP contribution in [0.2, 0.25) is 0 Å². The largest absolute Gasteiger partial charge is 0.377 e. The van der Waals surface area contributed by atoms with E-state index in [9.17, 15) is 4.79 Å². The molecule has 0 radical (unpaired) electrons. The third kappa shape index (κ3) is 5.37. The summed E-state index contributed by atoms with van der Waals surface area (Å²) < 4.78 is 6.02. The Kier molecular flexibility index (Phi) is 6.75. The lowest BCUT2D eigenvalue weighted by molar-refractivity contribution is -0.0839. The summed E-state index contributed by atoms with van der Waals surface area (Å²) in [5.74, 6) is 0.426. The smallest absolute Gasteiger partial charge is 0.317 e. The van der Waals surface area contributed by atoms with Crippen LogP contribution < -0.4 is 5.32 Å². The van der Waals surface area contributed by atoms with E-state index in [0.717, 1.165) is 38.8 Å². The van der Waals surface area contributed by atoms with Crippen molar-refractivity contribution in [2.45, 2.75) is 84.3 Å². The molecule has 0 spiro atoms. The minimum atomic E-state index is 0.0927. The molecule has 1 saturated heterocycles. The van der Waals surface area contributed by atoms with Crippen LogP contribution in [-0.4, -0.2) is 43.3 Å². The maximum absolute atomic E-state index is 12.5. The van der Waals surface area contributed by atoms with Gasteiger partial charge in [-0.15, -0.1) is 0 Å². The Labute approximate surface area is 142 Å². The number of nitrogens with zero attached hydrogens (tertiary/aromatic N) is 1. The van der Waals surface area contributed by atoms with Gasteiger partial charge in [-0.2, -0.15) is 0 Å². The number of hydrogen-bond donors (Lipinski definition) is 1. The van der Waals surface area contributed by atoms with E-state index in [4.69, 9.17) is 4.74 Å². The Hall–Kier alpha value is -0.770. The number of ether oxygens (including phenoxy) is 1. The van der Waals surface area contributed by atoms with E-state index in [1.165, 1.54) is 25.7 Å². The Morgan fingerprint density at radius 2 is 1.74 bits per heavy atom. The van der Waals surface area contributed by atoms with E-state index < -0.39 is 0 Å².